The average Bonchev–Trinajstić information content (AvgIpc) is 2.37. The van der Waals surface area contributed by atoms with Crippen molar-refractivity contribution in [2.24, 2.45) is 0 Å². The highest BCUT2D eigenvalue weighted by atomic mass is 16.6. The van der Waals surface area contributed by atoms with Crippen LogP contribution in [0.3, 0.4) is 0 Å². The van der Waals surface area contributed by atoms with Gasteiger partial charge in [-0.2, -0.15) is 0 Å². The molecule has 7 nitrogen and oxygen atoms in total. The van der Waals surface area contributed by atoms with Crippen LogP contribution in [0.1, 0.15) is 33.1 Å². The van der Waals surface area contributed by atoms with Crippen LogP contribution in [-0.2, 0) is 0 Å². The van der Waals surface area contributed by atoms with Gasteiger partial charge in [-0.1, -0.05) is 20.3 Å². The predicted molar refractivity (Wildman–Crippen MR) is 70.8 cm³/mol. The van der Waals surface area contributed by atoms with Gasteiger partial charge in [-0.3, -0.25) is 10.1 Å². The summed E-state index contributed by atoms with van der Waals surface area (Å²) in [6.45, 7) is 4.12. The van der Waals surface area contributed by atoms with Crippen LogP contribution in [0.15, 0.2) is 6.33 Å². The molecule has 0 aliphatic rings. The van der Waals surface area contributed by atoms with E-state index in [1.165, 1.54) is 6.33 Å². The summed E-state index contributed by atoms with van der Waals surface area (Å²) in [4.78, 5) is 18.4. The van der Waals surface area contributed by atoms with Crippen LogP contribution in [0.25, 0.3) is 0 Å². The molecule has 0 aliphatic carbocycles. The third-order valence-corrected chi connectivity index (χ3v) is 2.71. The molecule has 0 aliphatic heterocycles. The third kappa shape index (κ3) is 3.28. The predicted octanol–water partition coefficient (Wildman–Crippen LogP) is 2.42. The highest BCUT2D eigenvalue weighted by Gasteiger charge is 2.23. The molecule has 1 heterocycles. The van der Waals surface area contributed by atoms with E-state index in [0.29, 0.717) is 0 Å². The van der Waals surface area contributed by atoms with Crippen LogP contribution < -0.4 is 10.6 Å². The molecule has 0 aromatic carbocycles. The topological polar surface area (TPSA) is 93.0 Å². The van der Waals surface area contributed by atoms with E-state index in [4.69, 9.17) is 0 Å². The van der Waals surface area contributed by atoms with Crippen molar-refractivity contribution in [2.75, 3.05) is 17.7 Å². The van der Waals surface area contributed by atoms with Gasteiger partial charge in [0.15, 0.2) is 0 Å². The second-order valence-corrected chi connectivity index (χ2v) is 3.96. The van der Waals surface area contributed by atoms with E-state index < -0.39 is 4.92 Å². The molecule has 0 amide bonds. The second-order valence-electron chi connectivity index (χ2n) is 3.96. The summed E-state index contributed by atoms with van der Waals surface area (Å²) in [6, 6.07) is 0.188. The largest absolute Gasteiger partial charge is 0.367 e. The molecule has 1 unspecified atom stereocenters. The Kier molecular flexibility index (Phi) is 5.29. The molecule has 7 heteroatoms. The summed E-state index contributed by atoms with van der Waals surface area (Å²) in [5, 5.41) is 16.9. The van der Waals surface area contributed by atoms with Gasteiger partial charge in [-0.05, 0) is 12.8 Å². The fourth-order valence-electron chi connectivity index (χ4n) is 1.76. The first-order valence-corrected chi connectivity index (χ1v) is 6.07. The lowest BCUT2D eigenvalue weighted by Crippen LogP contribution is -2.20. The Balaban J connectivity index is 3.03. The molecular weight excluding hydrogens is 234 g/mol. The lowest BCUT2D eigenvalue weighted by atomic mass is 10.1. The molecule has 1 rings (SSSR count). The maximum absolute atomic E-state index is 11.1. The average molecular weight is 253 g/mol. The Labute approximate surface area is 106 Å². The number of rotatable bonds is 7. The van der Waals surface area contributed by atoms with Crippen molar-refractivity contribution in [2.45, 2.75) is 39.2 Å². The minimum atomic E-state index is -0.465. The van der Waals surface area contributed by atoms with Crippen LogP contribution >= 0.6 is 0 Å². The standard InChI is InChI=1S/C11H19N5O2/c1-4-6-8(5-2)15-11-9(16(17)18)10(12-3)13-7-14-11/h7-8H,4-6H2,1-3H3,(H2,12,13,14,15). The highest BCUT2D eigenvalue weighted by molar-refractivity contribution is 5.69. The minimum Gasteiger partial charge on any atom is -0.367 e. The van der Waals surface area contributed by atoms with E-state index in [1.54, 1.807) is 7.05 Å². The molecule has 0 fully saturated rings. The Bertz CT molecular complexity index is 410. The van der Waals surface area contributed by atoms with Crippen LogP contribution in [0.5, 0.6) is 0 Å². The number of nitrogens with one attached hydrogen (secondary N) is 2. The first kappa shape index (κ1) is 14.1. The molecule has 2 N–H and O–H groups in total. The van der Waals surface area contributed by atoms with Crippen molar-refractivity contribution >= 4 is 17.3 Å². The van der Waals surface area contributed by atoms with Gasteiger partial charge in [0.25, 0.3) is 0 Å². The maximum Gasteiger partial charge on any atom is 0.353 e. The molecule has 0 saturated carbocycles. The molecule has 100 valence electrons. The SMILES string of the molecule is CCCC(CC)Nc1ncnc(NC)c1[N+](=O)[O-]. The summed E-state index contributed by atoms with van der Waals surface area (Å²) in [5.41, 5.74) is -0.102. The Morgan fingerprint density at radius 3 is 2.56 bits per heavy atom. The van der Waals surface area contributed by atoms with Crippen LogP contribution in [0.4, 0.5) is 17.3 Å². The van der Waals surface area contributed by atoms with Crippen LogP contribution in [0.2, 0.25) is 0 Å². The normalized spacial score (nSPS) is 11.9. The maximum atomic E-state index is 11.1. The van der Waals surface area contributed by atoms with Gasteiger partial charge >= 0.3 is 5.69 Å². The Morgan fingerprint density at radius 2 is 2.06 bits per heavy atom. The third-order valence-electron chi connectivity index (χ3n) is 2.71. The zero-order chi connectivity index (χ0) is 13.5. The number of aromatic nitrogens is 2. The monoisotopic (exact) mass is 253 g/mol. The van der Waals surface area contributed by atoms with Crippen molar-refractivity contribution in [3.63, 3.8) is 0 Å². The van der Waals surface area contributed by atoms with Crippen molar-refractivity contribution in [1.29, 1.82) is 0 Å². The first-order chi connectivity index (χ1) is 8.63. The summed E-state index contributed by atoms with van der Waals surface area (Å²) in [6.07, 6.45) is 4.18. The van der Waals surface area contributed by atoms with Gasteiger partial charge in [0, 0.05) is 13.1 Å². The van der Waals surface area contributed by atoms with E-state index in [0.717, 1.165) is 19.3 Å². The molecule has 1 aromatic rings. The quantitative estimate of drug-likeness (QED) is 0.572. The van der Waals surface area contributed by atoms with E-state index in [1.807, 2.05) is 6.92 Å². The fourth-order valence-corrected chi connectivity index (χ4v) is 1.76. The van der Waals surface area contributed by atoms with Crippen molar-refractivity contribution in [3.8, 4) is 0 Å². The molecule has 0 spiro atoms. The van der Waals surface area contributed by atoms with Gasteiger partial charge < -0.3 is 10.6 Å². The summed E-state index contributed by atoms with van der Waals surface area (Å²) < 4.78 is 0. The number of hydrogen-bond donors (Lipinski definition) is 2. The lowest BCUT2D eigenvalue weighted by Gasteiger charge is -2.16. The fraction of sp³-hybridized carbons (Fsp3) is 0.636. The summed E-state index contributed by atoms with van der Waals surface area (Å²) in [7, 11) is 1.60. The number of nitro groups is 1. The second kappa shape index (κ2) is 6.73. The van der Waals surface area contributed by atoms with Gasteiger partial charge in [0.05, 0.1) is 4.92 Å². The van der Waals surface area contributed by atoms with E-state index in [2.05, 4.69) is 27.5 Å². The number of anilines is 2. The van der Waals surface area contributed by atoms with E-state index >= 15 is 0 Å². The Hall–Kier alpha value is -1.92. The Morgan fingerprint density at radius 1 is 1.39 bits per heavy atom. The van der Waals surface area contributed by atoms with Crippen molar-refractivity contribution in [3.05, 3.63) is 16.4 Å². The van der Waals surface area contributed by atoms with E-state index in [9.17, 15) is 10.1 Å². The summed E-state index contributed by atoms with van der Waals surface area (Å²) >= 11 is 0. The molecule has 0 saturated heterocycles. The van der Waals surface area contributed by atoms with Crippen molar-refractivity contribution < 1.29 is 4.92 Å². The van der Waals surface area contributed by atoms with Crippen LogP contribution in [0, 0.1) is 10.1 Å². The molecule has 0 bridgehead atoms. The molecule has 1 atom stereocenters. The smallest absolute Gasteiger partial charge is 0.353 e. The zero-order valence-corrected chi connectivity index (χ0v) is 10.9. The van der Waals surface area contributed by atoms with Crippen LogP contribution in [-0.4, -0.2) is 28.0 Å². The van der Waals surface area contributed by atoms with Crippen molar-refractivity contribution in [1.82, 2.24) is 9.97 Å². The molecular formula is C11H19N5O2. The van der Waals surface area contributed by atoms with Gasteiger partial charge in [0.1, 0.15) is 6.33 Å². The number of hydrogen-bond acceptors (Lipinski definition) is 6. The van der Waals surface area contributed by atoms with Gasteiger partial charge in [0.2, 0.25) is 11.6 Å². The molecule has 18 heavy (non-hydrogen) atoms. The molecule has 1 aromatic heterocycles. The number of nitrogens with zero attached hydrogens (tertiary/aromatic N) is 3. The summed E-state index contributed by atoms with van der Waals surface area (Å²) in [5.74, 6) is 0.503. The highest BCUT2D eigenvalue weighted by Crippen LogP contribution is 2.29. The zero-order valence-electron chi connectivity index (χ0n) is 10.9. The molecule has 0 radical (unpaired) electrons. The van der Waals surface area contributed by atoms with Gasteiger partial charge in [-0.25, -0.2) is 9.97 Å². The van der Waals surface area contributed by atoms with Gasteiger partial charge in [-0.15, -0.1) is 0 Å². The lowest BCUT2D eigenvalue weighted by molar-refractivity contribution is -0.383. The van der Waals surface area contributed by atoms with E-state index in [-0.39, 0.29) is 23.4 Å². The first-order valence-electron chi connectivity index (χ1n) is 6.07. The minimum absolute atomic E-state index is 0.102.